The van der Waals surface area contributed by atoms with Crippen molar-refractivity contribution in [1.29, 1.82) is 0 Å². The first kappa shape index (κ1) is 19.3. The number of benzene rings is 1. The number of hydrazine groups is 1. The van der Waals surface area contributed by atoms with Gasteiger partial charge in [0.25, 0.3) is 5.91 Å². The molecule has 1 saturated carbocycles. The second kappa shape index (κ2) is 10.1. The van der Waals surface area contributed by atoms with Crippen LogP contribution in [0.15, 0.2) is 24.3 Å². The molecular formula is C20H31N3O2. The zero-order chi connectivity index (χ0) is 18.1. The molecule has 138 valence electrons. The van der Waals surface area contributed by atoms with Gasteiger partial charge < -0.3 is 4.90 Å². The molecule has 25 heavy (non-hydrogen) atoms. The molecule has 0 unspecified atom stereocenters. The van der Waals surface area contributed by atoms with E-state index in [1.807, 2.05) is 12.1 Å². The second-order valence-corrected chi connectivity index (χ2v) is 6.76. The van der Waals surface area contributed by atoms with Crippen molar-refractivity contribution in [3.8, 4) is 0 Å². The first-order chi connectivity index (χ1) is 12.1. The summed E-state index contributed by atoms with van der Waals surface area (Å²) in [5.41, 5.74) is 6.68. The fourth-order valence-electron chi connectivity index (χ4n) is 3.48. The van der Waals surface area contributed by atoms with Gasteiger partial charge in [-0.25, -0.2) is 0 Å². The Bertz CT molecular complexity index is 547. The minimum atomic E-state index is -0.280. The maximum absolute atomic E-state index is 12.1. The van der Waals surface area contributed by atoms with Gasteiger partial charge in [-0.15, -0.1) is 0 Å². The summed E-state index contributed by atoms with van der Waals surface area (Å²) in [6, 6.07) is 7.45. The Morgan fingerprint density at radius 2 is 1.64 bits per heavy atom. The molecule has 5 nitrogen and oxygen atoms in total. The van der Waals surface area contributed by atoms with E-state index in [1.165, 1.54) is 32.1 Å². The largest absolute Gasteiger partial charge is 0.372 e. The molecular weight excluding hydrogens is 314 g/mol. The van der Waals surface area contributed by atoms with Gasteiger partial charge in [0.15, 0.2) is 0 Å². The highest BCUT2D eigenvalue weighted by molar-refractivity contribution is 5.95. The predicted molar refractivity (Wildman–Crippen MR) is 101 cm³/mol. The Kier molecular flexibility index (Phi) is 7.76. The van der Waals surface area contributed by atoms with E-state index < -0.39 is 0 Å². The third-order valence-corrected chi connectivity index (χ3v) is 5.08. The van der Waals surface area contributed by atoms with Gasteiger partial charge in [-0.3, -0.25) is 20.4 Å². The number of hydrogen-bond acceptors (Lipinski definition) is 3. The summed E-state index contributed by atoms with van der Waals surface area (Å²) in [6.07, 6.45) is 7.76. The molecule has 0 radical (unpaired) electrons. The number of carbonyl (C=O) groups is 2. The number of anilines is 1. The molecule has 2 N–H and O–H groups in total. The molecule has 1 aliphatic carbocycles. The SMILES string of the molecule is CCN(CC)c1ccc(C(=O)NNC(=O)CCC2CCCCC2)cc1. The van der Waals surface area contributed by atoms with Crippen molar-refractivity contribution in [1.82, 2.24) is 10.9 Å². The molecule has 1 aromatic rings. The van der Waals surface area contributed by atoms with Gasteiger partial charge in [0.1, 0.15) is 0 Å². The van der Waals surface area contributed by atoms with E-state index in [0.29, 0.717) is 17.9 Å². The first-order valence-electron chi connectivity index (χ1n) is 9.58. The quantitative estimate of drug-likeness (QED) is 0.742. The lowest BCUT2D eigenvalue weighted by atomic mass is 9.86. The van der Waals surface area contributed by atoms with Crippen LogP contribution in [0.4, 0.5) is 5.69 Å². The van der Waals surface area contributed by atoms with Crippen LogP contribution in [0.1, 0.15) is 69.2 Å². The van der Waals surface area contributed by atoms with Crippen LogP contribution in [-0.2, 0) is 4.79 Å². The Morgan fingerprint density at radius 1 is 1.00 bits per heavy atom. The van der Waals surface area contributed by atoms with Crippen molar-refractivity contribution in [3.63, 3.8) is 0 Å². The third-order valence-electron chi connectivity index (χ3n) is 5.08. The Balaban J connectivity index is 1.74. The predicted octanol–water partition coefficient (Wildman–Crippen LogP) is 3.65. The highest BCUT2D eigenvalue weighted by Gasteiger charge is 2.15. The van der Waals surface area contributed by atoms with E-state index in [1.54, 1.807) is 12.1 Å². The van der Waals surface area contributed by atoms with E-state index in [9.17, 15) is 9.59 Å². The van der Waals surface area contributed by atoms with Gasteiger partial charge in [-0.05, 0) is 50.5 Å². The summed E-state index contributed by atoms with van der Waals surface area (Å²) < 4.78 is 0. The number of nitrogens with one attached hydrogen (secondary N) is 2. The number of carbonyl (C=O) groups excluding carboxylic acids is 2. The summed E-state index contributed by atoms with van der Waals surface area (Å²) in [5, 5.41) is 0. The van der Waals surface area contributed by atoms with Crippen LogP contribution in [0.3, 0.4) is 0 Å². The van der Waals surface area contributed by atoms with Crippen LogP contribution in [0.25, 0.3) is 0 Å². The molecule has 0 bridgehead atoms. The van der Waals surface area contributed by atoms with Crippen molar-refractivity contribution in [2.45, 2.75) is 58.8 Å². The molecule has 2 rings (SSSR count). The van der Waals surface area contributed by atoms with Gasteiger partial charge in [0.2, 0.25) is 5.91 Å². The minimum Gasteiger partial charge on any atom is -0.372 e. The molecule has 1 aromatic carbocycles. The lowest BCUT2D eigenvalue weighted by molar-refractivity contribution is -0.122. The van der Waals surface area contributed by atoms with Crippen LogP contribution in [-0.4, -0.2) is 24.9 Å². The molecule has 0 aromatic heterocycles. The lowest BCUT2D eigenvalue weighted by Gasteiger charge is -2.21. The molecule has 0 heterocycles. The van der Waals surface area contributed by atoms with Crippen molar-refractivity contribution in [2.75, 3.05) is 18.0 Å². The normalized spacial score (nSPS) is 14.8. The summed E-state index contributed by atoms with van der Waals surface area (Å²) in [7, 11) is 0. The van der Waals surface area contributed by atoms with Crippen molar-refractivity contribution in [2.24, 2.45) is 5.92 Å². The average molecular weight is 345 g/mol. The second-order valence-electron chi connectivity index (χ2n) is 6.76. The number of amides is 2. The molecule has 0 saturated heterocycles. The number of rotatable bonds is 7. The zero-order valence-electron chi connectivity index (χ0n) is 15.5. The van der Waals surface area contributed by atoms with Crippen LogP contribution in [0.5, 0.6) is 0 Å². The van der Waals surface area contributed by atoms with Crippen LogP contribution in [0, 0.1) is 5.92 Å². The minimum absolute atomic E-state index is 0.112. The monoisotopic (exact) mass is 345 g/mol. The molecule has 2 amide bonds. The van der Waals surface area contributed by atoms with Gasteiger partial charge in [-0.1, -0.05) is 32.1 Å². The summed E-state index contributed by atoms with van der Waals surface area (Å²) in [6.45, 7) is 6.07. The summed E-state index contributed by atoms with van der Waals surface area (Å²) in [5.74, 6) is 0.277. The van der Waals surface area contributed by atoms with Crippen molar-refractivity contribution in [3.05, 3.63) is 29.8 Å². The van der Waals surface area contributed by atoms with Crippen molar-refractivity contribution < 1.29 is 9.59 Å². The van der Waals surface area contributed by atoms with E-state index in [2.05, 4.69) is 29.6 Å². The molecule has 1 aliphatic rings. The molecule has 0 spiro atoms. The standard InChI is InChI=1S/C20H31N3O2/c1-3-23(4-2)18-13-11-17(12-14-18)20(25)22-21-19(24)15-10-16-8-6-5-7-9-16/h11-14,16H,3-10,15H2,1-2H3,(H,21,24)(H,22,25). The Morgan fingerprint density at radius 3 is 2.24 bits per heavy atom. The number of nitrogens with zero attached hydrogens (tertiary/aromatic N) is 1. The molecule has 0 aliphatic heterocycles. The molecule has 0 atom stereocenters. The van der Waals surface area contributed by atoms with Gasteiger partial charge in [0.05, 0.1) is 0 Å². The fourth-order valence-corrected chi connectivity index (χ4v) is 3.48. The van der Waals surface area contributed by atoms with E-state index in [-0.39, 0.29) is 11.8 Å². The summed E-state index contributed by atoms with van der Waals surface area (Å²) >= 11 is 0. The van der Waals surface area contributed by atoms with E-state index >= 15 is 0 Å². The Hall–Kier alpha value is -2.04. The topological polar surface area (TPSA) is 61.4 Å². The van der Waals surface area contributed by atoms with Crippen LogP contribution >= 0.6 is 0 Å². The van der Waals surface area contributed by atoms with Crippen LogP contribution < -0.4 is 15.8 Å². The highest BCUT2D eigenvalue weighted by Crippen LogP contribution is 2.27. The van der Waals surface area contributed by atoms with E-state index in [4.69, 9.17) is 0 Å². The molecule has 5 heteroatoms. The van der Waals surface area contributed by atoms with Gasteiger partial charge in [-0.2, -0.15) is 0 Å². The van der Waals surface area contributed by atoms with Gasteiger partial charge in [0, 0.05) is 30.8 Å². The first-order valence-corrected chi connectivity index (χ1v) is 9.58. The third kappa shape index (κ3) is 6.07. The van der Waals surface area contributed by atoms with E-state index in [0.717, 1.165) is 25.2 Å². The summed E-state index contributed by atoms with van der Waals surface area (Å²) in [4.78, 5) is 26.3. The maximum atomic E-state index is 12.1. The number of hydrogen-bond donors (Lipinski definition) is 2. The zero-order valence-corrected chi connectivity index (χ0v) is 15.5. The average Bonchev–Trinajstić information content (AvgIpc) is 2.67. The fraction of sp³-hybridized carbons (Fsp3) is 0.600. The lowest BCUT2D eigenvalue weighted by Crippen LogP contribution is -2.41. The Labute approximate surface area is 151 Å². The molecule has 1 fully saturated rings. The highest BCUT2D eigenvalue weighted by atomic mass is 16.2. The van der Waals surface area contributed by atoms with Crippen molar-refractivity contribution >= 4 is 17.5 Å². The van der Waals surface area contributed by atoms with Gasteiger partial charge >= 0.3 is 0 Å². The maximum Gasteiger partial charge on any atom is 0.269 e. The van der Waals surface area contributed by atoms with Crippen LogP contribution in [0.2, 0.25) is 0 Å². The smallest absolute Gasteiger partial charge is 0.269 e.